The fraction of sp³-hybridized carbons (Fsp3) is 0.444. The van der Waals surface area contributed by atoms with E-state index in [1.807, 2.05) is 32.9 Å². The maximum absolute atomic E-state index is 12.5. The molecule has 1 saturated heterocycles. The first-order valence-electron chi connectivity index (χ1n) is 8.36. The van der Waals surface area contributed by atoms with Crippen molar-refractivity contribution < 1.29 is 19.1 Å². The van der Waals surface area contributed by atoms with Crippen LogP contribution in [0.25, 0.3) is 6.08 Å². The number of thioether (sulfide) groups is 1. The largest absolute Gasteiger partial charge is 0.490 e. The molecule has 0 N–H and O–H groups in total. The van der Waals surface area contributed by atoms with Crippen LogP contribution in [0.15, 0.2) is 21.5 Å². The van der Waals surface area contributed by atoms with E-state index in [4.69, 9.17) is 9.47 Å². The highest BCUT2D eigenvalue weighted by molar-refractivity contribution is 9.10. The summed E-state index contributed by atoms with van der Waals surface area (Å²) < 4.78 is 12.0. The number of unbranched alkanes of at least 4 members (excludes halogenated alkanes) is 1. The zero-order valence-electron chi connectivity index (χ0n) is 14.6. The van der Waals surface area contributed by atoms with E-state index in [0.29, 0.717) is 36.2 Å². The van der Waals surface area contributed by atoms with Crippen molar-refractivity contribution in [3.8, 4) is 11.5 Å². The Morgan fingerprint density at radius 2 is 1.76 bits per heavy atom. The van der Waals surface area contributed by atoms with Crippen molar-refractivity contribution in [1.82, 2.24) is 4.90 Å². The molecule has 0 atom stereocenters. The Morgan fingerprint density at radius 3 is 2.36 bits per heavy atom. The number of halogens is 1. The number of carbonyl (C=O) groups excluding carboxylic acids is 2. The maximum Gasteiger partial charge on any atom is 0.293 e. The van der Waals surface area contributed by atoms with E-state index < -0.39 is 0 Å². The summed E-state index contributed by atoms with van der Waals surface area (Å²) in [6, 6.07) is 3.64. The summed E-state index contributed by atoms with van der Waals surface area (Å²) in [5.41, 5.74) is 0.771. The number of benzene rings is 1. The van der Waals surface area contributed by atoms with Gasteiger partial charge in [0.15, 0.2) is 11.5 Å². The summed E-state index contributed by atoms with van der Waals surface area (Å²) >= 11 is 4.48. The molecule has 0 spiro atoms. The van der Waals surface area contributed by atoms with Gasteiger partial charge in [-0.2, -0.15) is 0 Å². The third-order valence-electron chi connectivity index (χ3n) is 3.56. The molecule has 2 rings (SSSR count). The van der Waals surface area contributed by atoms with Gasteiger partial charge in [0.05, 0.1) is 18.1 Å². The highest BCUT2D eigenvalue weighted by atomic mass is 79.9. The molecule has 0 unspecified atom stereocenters. The Hall–Kier alpha value is -1.47. The third-order valence-corrected chi connectivity index (χ3v) is 5.15. The molecule has 1 heterocycles. The Bertz CT molecular complexity index is 690. The Kier molecular flexibility index (Phi) is 7.38. The first kappa shape index (κ1) is 19.8. The lowest BCUT2D eigenvalue weighted by molar-refractivity contribution is -0.122. The normalized spacial score (nSPS) is 16.0. The number of hydrogen-bond acceptors (Lipinski definition) is 5. The zero-order chi connectivity index (χ0) is 18.4. The summed E-state index contributed by atoms with van der Waals surface area (Å²) in [6.45, 7) is 7.34. The van der Waals surface area contributed by atoms with Gasteiger partial charge in [0.1, 0.15) is 0 Å². The molecule has 0 radical (unpaired) electrons. The molecule has 1 aromatic carbocycles. The number of nitrogens with zero attached hydrogens (tertiary/aromatic N) is 1. The van der Waals surface area contributed by atoms with Crippen LogP contribution in [0, 0.1) is 0 Å². The summed E-state index contributed by atoms with van der Waals surface area (Å²) in [5, 5.41) is -0.211. The molecule has 0 saturated carbocycles. The van der Waals surface area contributed by atoms with Crippen molar-refractivity contribution in [2.75, 3.05) is 19.8 Å². The van der Waals surface area contributed by atoms with Gasteiger partial charge in [0.25, 0.3) is 11.1 Å². The second-order valence-corrected chi connectivity index (χ2v) is 7.22. The van der Waals surface area contributed by atoms with Gasteiger partial charge in [-0.15, -0.1) is 0 Å². The number of amides is 2. The molecule has 25 heavy (non-hydrogen) atoms. The second kappa shape index (κ2) is 9.29. The van der Waals surface area contributed by atoms with Crippen LogP contribution in [0.4, 0.5) is 4.79 Å². The SMILES string of the molecule is CCCCN1C(=O)S/C(=C\c2cc(OCC)c(OCC)cc2Br)C1=O. The third kappa shape index (κ3) is 4.79. The van der Waals surface area contributed by atoms with Gasteiger partial charge >= 0.3 is 0 Å². The first-order valence-corrected chi connectivity index (χ1v) is 9.97. The summed E-state index contributed by atoms with van der Waals surface area (Å²) in [5.74, 6) is 1.02. The van der Waals surface area contributed by atoms with Crippen LogP contribution in [-0.4, -0.2) is 35.8 Å². The average molecular weight is 428 g/mol. The monoisotopic (exact) mass is 427 g/mol. The minimum absolute atomic E-state index is 0.211. The summed E-state index contributed by atoms with van der Waals surface area (Å²) in [6.07, 6.45) is 3.47. The van der Waals surface area contributed by atoms with Crippen LogP contribution in [0.2, 0.25) is 0 Å². The van der Waals surface area contributed by atoms with E-state index in [1.165, 1.54) is 4.90 Å². The standard InChI is InChI=1S/C18H22BrNO4S/c1-4-7-8-20-17(21)16(25-18(20)22)10-12-9-14(23-5-2)15(24-6-3)11-13(12)19/h9-11H,4-8H2,1-3H3/b16-10-. The number of rotatable bonds is 8. The smallest absolute Gasteiger partial charge is 0.293 e. The molecule has 7 heteroatoms. The summed E-state index contributed by atoms with van der Waals surface area (Å²) in [7, 11) is 0. The van der Waals surface area contributed by atoms with Crippen LogP contribution in [0.5, 0.6) is 11.5 Å². The lowest BCUT2D eigenvalue weighted by Gasteiger charge is -2.13. The molecule has 0 bridgehead atoms. The van der Waals surface area contributed by atoms with Gasteiger partial charge < -0.3 is 9.47 Å². The summed E-state index contributed by atoms with van der Waals surface area (Å²) in [4.78, 5) is 26.3. The lowest BCUT2D eigenvalue weighted by atomic mass is 10.1. The Balaban J connectivity index is 2.32. The molecule has 1 fully saturated rings. The maximum atomic E-state index is 12.5. The molecular weight excluding hydrogens is 406 g/mol. The van der Waals surface area contributed by atoms with Crippen molar-refractivity contribution in [1.29, 1.82) is 0 Å². The first-order chi connectivity index (χ1) is 12.0. The fourth-order valence-electron chi connectivity index (χ4n) is 2.35. The van der Waals surface area contributed by atoms with Gasteiger partial charge in [-0.3, -0.25) is 14.5 Å². The predicted molar refractivity (Wildman–Crippen MR) is 104 cm³/mol. The predicted octanol–water partition coefficient (Wildman–Crippen LogP) is 5.08. The average Bonchev–Trinajstić information content (AvgIpc) is 2.84. The lowest BCUT2D eigenvalue weighted by Crippen LogP contribution is -2.29. The minimum Gasteiger partial charge on any atom is -0.490 e. The van der Waals surface area contributed by atoms with E-state index in [9.17, 15) is 9.59 Å². The van der Waals surface area contributed by atoms with Gasteiger partial charge in [0, 0.05) is 11.0 Å². The van der Waals surface area contributed by atoms with E-state index in [1.54, 1.807) is 6.08 Å². The Labute approximate surface area is 160 Å². The highest BCUT2D eigenvalue weighted by Gasteiger charge is 2.34. The number of carbonyl (C=O) groups is 2. The molecule has 0 aromatic heterocycles. The van der Waals surface area contributed by atoms with Crippen LogP contribution in [-0.2, 0) is 4.79 Å². The van der Waals surface area contributed by atoms with E-state index in [2.05, 4.69) is 15.9 Å². The van der Waals surface area contributed by atoms with Gasteiger partial charge in [-0.1, -0.05) is 29.3 Å². The van der Waals surface area contributed by atoms with E-state index in [-0.39, 0.29) is 11.1 Å². The topological polar surface area (TPSA) is 55.8 Å². The van der Waals surface area contributed by atoms with E-state index >= 15 is 0 Å². The van der Waals surface area contributed by atoms with Crippen molar-refractivity contribution >= 4 is 44.9 Å². The van der Waals surface area contributed by atoms with Crippen LogP contribution in [0.3, 0.4) is 0 Å². The van der Waals surface area contributed by atoms with E-state index in [0.717, 1.165) is 34.6 Å². The van der Waals surface area contributed by atoms with Crippen molar-refractivity contribution in [2.24, 2.45) is 0 Å². The van der Waals surface area contributed by atoms with Crippen LogP contribution >= 0.6 is 27.7 Å². The molecule has 136 valence electrons. The molecule has 5 nitrogen and oxygen atoms in total. The number of hydrogen-bond donors (Lipinski definition) is 0. The second-order valence-electron chi connectivity index (χ2n) is 5.37. The van der Waals surface area contributed by atoms with Crippen molar-refractivity contribution in [2.45, 2.75) is 33.6 Å². The van der Waals surface area contributed by atoms with Gasteiger partial charge in [-0.05, 0) is 55.8 Å². The van der Waals surface area contributed by atoms with Crippen molar-refractivity contribution in [3.05, 3.63) is 27.1 Å². The highest BCUT2D eigenvalue weighted by Crippen LogP contribution is 2.38. The minimum atomic E-state index is -0.234. The Morgan fingerprint density at radius 1 is 1.12 bits per heavy atom. The van der Waals surface area contributed by atoms with Crippen LogP contribution < -0.4 is 9.47 Å². The van der Waals surface area contributed by atoms with Gasteiger partial charge in [-0.25, -0.2) is 0 Å². The molecule has 1 aliphatic heterocycles. The molecular formula is C18H22BrNO4S. The van der Waals surface area contributed by atoms with Crippen molar-refractivity contribution in [3.63, 3.8) is 0 Å². The molecule has 0 aliphatic carbocycles. The number of imide groups is 1. The molecule has 2 amide bonds. The molecule has 1 aliphatic rings. The quantitative estimate of drug-likeness (QED) is 0.541. The number of ether oxygens (including phenoxy) is 2. The van der Waals surface area contributed by atoms with Crippen LogP contribution in [0.1, 0.15) is 39.2 Å². The fourth-order valence-corrected chi connectivity index (χ4v) is 3.64. The van der Waals surface area contributed by atoms with Gasteiger partial charge in [0.2, 0.25) is 0 Å². The molecule has 1 aromatic rings. The zero-order valence-corrected chi connectivity index (χ0v) is 17.0.